The van der Waals surface area contributed by atoms with Crippen LogP contribution in [0.3, 0.4) is 0 Å². The molecule has 7 nitrogen and oxygen atoms in total. The van der Waals surface area contributed by atoms with Gasteiger partial charge in [0.2, 0.25) is 11.8 Å². The molecule has 0 saturated carbocycles. The third-order valence-corrected chi connectivity index (χ3v) is 4.18. The molecule has 1 aliphatic carbocycles. The number of pyridine rings is 1. The first-order valence-electron chi connectivity index (χ1n) is 7.82. The van der Waals surface area contributed by atoms with E-state index in [1.165, 1.54) is 17.5 Å². The summed E-state index contributed by atoms with van der Waals surface area (Å²) in [5.74, 6) is 0.853. The second-order valence-corrected chi connectivity index (χ2v) is 5.70. The average Bonchev–Trinajstić information content (AvgIpc) is 3.21. The van der Waals surface area contributed by atoms with E-state index < -0.39 is 0 Å². The summed E-state index contributed by atoms with van der Waals surface area (Å²) in [7, 11) is 1.56. The molecule has 2 heterocycles. The van der Waals surface area contributed by atoms with Crippen molar-refractivity contribution >= 4 is 23.3 Å². The first-order valence-corrected chi connectivity index (χ1v) is 7.82. The molecule has 0 unspecified atom stereocenters. The van der Waals surface area contributed by atoms with Gasteiger partial charge < -0.3 is 10.1 Å². The van der Waals surface area contributed by atoms with Gasteiger partial charge in [0, 0.05) is 5.69 Å². The van der Waals surface area contributed by atoms with E-state index in [0.717, 1.165) is 18.5 Å². The number of anilines is 2. The molecule has 2 amide bonds. The molecule has 0 fully saturated rings. The molecular weight excluding hydrogens is 306 g/mol. The summed E-state index contributed by atoms with van der Waals surface area (Å²) < 4.78 is 6.93. The number of aryl methyl sites for hydroxylation is 2. The molecule has 3 aromatic rings. The van der Waals surface area contributed by atoms with Crippen LogP contribution in [0.25, 0.3) is 5.65 Å². The van der Waals surface area contributed by atoms with Crippen LogP contribution in [0.4, 0.5) is 16.4 Å². The Balaban J connectivity index is 1.54. The predicted molar refractivity (Wildman–Crippen MR) is 90.6 cm³/mol. The minimum atomic E-state index is -0.367. The lowest BCUT2D eigenvalue weighted by atomic mass is 10.1. The quantitative estimate of drug-likeness (QED) is 0.776. The number of methoxy groups -OCH3 is 1. The molecule has 0 saturated heterocycles. The Morgan fingerprint density at radius 2 is 2.00 bits per heavy atom. The summed E-state index contributed by atoms with van der Waals surface area (Å²) in [5.41, 5.74) is 4.05. The van der Waals surface area contributed by atoms with E-state index in [1.54, 1.807) is 23.6 Å². The van der Waals surface area contributed by atoms with Crippen molar-refractivity contribution in [2.75, 3.05) is 17.7 Å². The minimum absolute atomic E-state index is 0.307. The molecular formula is C17H17N5O2. The van der Waals surface area contributed by atoms with E-state index >= 15 is 0 Å². The number of aromatic nitrogens is 3. The van der Waals surface area contributed by atoms with Crippen molar-refractivity contribution in [2.24, 2.45) is 0 Å². The van der Waals surface area contributed by atoms with Crippen LogP contribution >= 0.6 is 0 Å². The van der Waals surface area contributed by atoms with Gasteiger partial charge in [-0.05, 0) is 54.7 Å². The molecule has 2 N–H and O–H groups in total. The number of hydrogen-bond donors (Lipinski definition) is 2. The Labute approximate surface area is 138 Å². The maximum atomic E-state index is 12.3. The number of nitrogens with zero attached hydrogens (tertiary/aromatic N) is 3. The fourth-order valence-electron chi connectivity index (χ4n) is 3.07. The van der Waals surface area contributed by atoms with Gasteiger partial charge in [-0.25, -0.2) is 9.20 Å². The molecule has 1 aromatic carbocycles. The topological polar surface area (TPSA) is 80.6 Å². The zero-order valence-electron chi connectivity index (χ0n) is 13.2. The maximum Gasteiger partial charge on any atom is 0.326 e. The molecule has 0 bridgehead atoms. The summed E-state index contributed by atoms with van der Waals surface area (Å²) in [4.78, 5) is 12.3. The first-order chi connectivity index (χ1) is 11.7. The number of hydrogen-bond acceptors (Lipinski definition) is 4. The van der Waals surface area contributed by atoms with E-state index in [1.807, 2.05) is 18.2 Å². The average molecular weight is 323 g/mol. The summed E-state index contributed by atoms with van der Waals surface area (Å²) in [6, 6.07) is 11.0. The largest absolute Gasteiger partial charge is 0.482 e. The van der Waals surface area contributed by atoms with Crippen molar-refractivity contribution in [1.29, 1.82) is 0 Å². The number of ether oxygens (including phenoxy) is 1. The zero-order valence-corrected chi connectivity index (χ0v) is 13.2. The van der Waals surface area contributed by atoms with E-state index in [-0.39, 0.29) is 6.03 Å². The first kappa shape index (κ1) is 14.5. The van der Waals surface area contributed by atoms with Gasteiger partial charge in [0.25, 0.3) is 0 Å². The minimum Gasteiger partial charge on any atom is -0.482 e. The molecule has 1 aliphatic rings. The lowest BCUT2D eigenvalue weighted by molar-refractivity contribution is 0.262. The van der Waals surface area contributed by atoms with Crippen molar-refractivity contribution in [3.63, 3.8) is 0 Å². The van der Waals surface area contributed by atoms with Crippen LogP contribution in [-0.4, -0.2) is 27.7 Å². The number of nitrogens with one attached hydrogen (secondary N) is 2. The summed E-state index contributed by atoms with van der Waals surface area (Å²) in [5, 5.41) is 13.6. The standard InChI is InChI=1S/C17H17N5O2/c1-24-15-7-3-6-14-20-21-16(22(14)15)19-17(23)18-13-9-8-11-4-2-5-12(11)10-13/h3,6-10H,2,4-5H2,1H3,(H2,18,19,21,23). The normalized spacial score (nSPS) is 12.9. The molecule has 122 valence electrons. The van der Waals surface area contributed by atoms with Crippen LogP contribution in [0, 0.1) is 0 Å². The van der Waals surface area contributed by atoms with Crippen LogP contribution in [-0.2, 0) is 12.8 Å². The molecule has 0 spiro atoms. The number of fused-ring (bicyclic) bond motifs is 2. The van der Waals surface area contributed by atoms with Gasteiger partial charge in [-0.2, -0.15) is 0 Å². The molecule has 24 heavy (non-hydrogen) atoms. The van der Waals surface area contributed by atoms with E-state index in [2.05, 4.69) is 26.9 Å². The molecule has 0 radical (unpaired) electrons. The second kappa shape index (κ2) is 5.84. The van der Waals surface area contributed by atoms with Gasteiger partial charge in [-0.1, -0.05) is 12.1 Å². The molecule has 0 atom stereocenters. The SMILES string of the molecule is COc1cccc2nnc(NC(=O)Nc3ccc4c(c3)CCC4)n12. The molecule has 4 rings (SSSR count). The van der Waals surface area contributed by atoms with E-state index in [9.17, 15) is 4.79 Å². The zero-order chi connectivity index (χ0) is 16.5. The monoisotopic (exact) mass is 323 g/mol. The van der Waals surface area contributed by atoms with Crippen molar-refractivity contribution in [3.8, 4) is 5.88 Å². The van der Waals surface area contributed by atoms with Crippen LogP contribution in [0.15, 0.2) is 36.4 Å². The number of carbonyl (C=O) groups excluding carboxylic acids is 1. The van der Waals surface area contributed by atoms with E-state index in [4.69, 9.17) is 4.74 Å². The number of carbonyl (C=O) groups is 1. The third-order valence-electron chi connectivity index (χ3n) is 4.18. The number of rotatable bonds is 3. The lowest BCUT2D eigenvalue weighted by Gasteiger charge is -2.09. The Kier molecular flexibility index (Phi) is 3.53. The summed E-state index contributed by atoms with van der Waals surface area (Å²) in [6.07, 6.45) is 3.36. The summed E-state index contributed by atoms with van der Waals surface area (Å²) >= 11 is 0. The number of urea groups is 1. The maximum absolute atomic E-state index is 12.3. The second-order valence-electron chi connectivity index (χ2n) is 5.70. The number of amides is 2. The highest BCUT2D eigenvalue weighted by molar-refractivity contribution is 5.99. The Morgan fingerprint density at radius 3 is 2.88 bits per heavy atom. The van der Waals surface area contributed by atoms with Crippen LogP contribution < -0.4 is 15.4 Å². The van der Waals surface area contributed by atoms with Crippen molar-refractivity contribution in [2.45, 2.75) is 19.3 Å². The van der Waals surface area contributed by atoms with Crippen LogP contribution in [0.1, 0.15) is 17.5 Å². The van der Waals surface area contributed by atoms with Gasteiger partial charge in [0.1, 0.15) is 0 Å². The van der Waals surface area contributed by atoms with Crippen LogP contribution in [0.2, 0.25) is 0 Å². The molecule has 7 heteroatoms. The molecule has 2 aromatic heterocycles. The molecule has 0 aliphatic heterocycles. The van der Waals surface area contributed by atoms with Gasteiger partial charge in [0.15, 0.2) is 5.65 Å². The number of benzene rings is 1. The van der Waals surface area contributed by atoms with Crippen LogP contribution in [0.5, 0.6) is 5.88 Å². The van der Waals surface area contributed by atoms with Gasteiger partial charge in [-0.3, -0.25) is 5.32 Å². The van der Waals surface area contributed by atoms with Crippen molar-refractivity contribution in [1.82, 2.24) is 14.6 Å². The predicted octanol–water partition coefficient (Wildman–Crippen LogP) is 2.87. The highest BCUT2D eigenvalue weighted by Gasteiger charge is 2.14. The highest BCUT2D eigenvalue weighted by Crippen LogP contribution is 2.25. The lowest BCUT2D eigenvalue weighted by Crippen LogP contribution is -2.21. The Morgan fingerprint density at radius 1 is 1.12 bits per heavy atom. The van der Waals surface area contributed by atoms with Crippen molar-refractivity contribution in [3.05, 3.63) is 47.5 Å². The van der Waals surface area contributed by atoms with E-state index in [0.29, 0.717) is 17.5 Å². The fraction of sp³-hybridized carbons (Fsp3) is 0.235. The van der Waals surface area contributed by atoms with Gasteiger partial charge in [0.05, 0.1) is 7.11 Å². The highest BCUT2D eigenvalue weighted by atomic mass is 16.5. The fourth-order valence-corrected chi connectivity index (χ4v) is 3.07. The smallest absolute Gasteiger partial charge is 0.326 e. The van der Waals surface area contributed by atoms with Gasteiger partial charge in [-0.15, -0.1) is 10.2 Å². The Bertz CT molecular complexity index is 918. The van der Waals surface area contributed by atoms with Crippen molar-refractivity contribution < 1.29 is 9.53 Å². The summed E-state index contributed by atoms with van der Waals surface area (Å²) in [6.45, 7) is 0. The third kappa shape index (κ3) is 2.54. The van der Waals surface area contributed by atoms with Gasteiger partial charge >= 0.3 is 6.03 Å². The Hall–Kier alpha value is -3.09.